The van der Waals surface area contributed by atoms with Gasteiger partial charge in [-0.15, -0.1) is 0 Å². The number of hydrogen-bond donors (Lipinski definition) is 1. The van der Waals surface area contributed by atoms with Gasteiger partial charge < -0.3 is 10.1 Å². The number of methoxy groups -OCH3 is 1. The Balaban J connectivity index is 1.96. The van der Waals surface area contributed by atoms with Crippen LogP contribution in [0.5, 0.6) is 5.75 Å². The van der Waals surface area contributed by atoms with Gasteiger partial charge in [0.1, 0.15) is 5.75 Å². The van der Waals surface area contributed by atoms with E-state index in [1.807, 2.05) is 44.3 Å². The van der Waals surface area contributed by atoms with E-state index in [9.17, 15) is 4.79 Å². The van der Waals surface area contributed by atoms with Gasteiger partial charge in [0.05, 0.1) is 24.8 Å². The van der Waals surface area contributed by atoms with E-state index in [1.165, 1.54) is 17.3 Å². The van der Waals surface area contributed by atoms with E-state index in [4.69, 9.17) is 4.74 Å². The van der Waals surface area contributed by atoms with Crippen molar-refractivity contribution in [3.63, 3.8) is 0 Å². The number of hydrogen-bond acceptors (Lipinski definition) is 4. The Bertz CT molecular complexity index is 931. The van der Waals surface area contributed by atoms with E-state index < -0.39 is 0 Å². The summed E-state index contributed by atoms with van der Waals surface area (Å²) in [7, 11) is 1.66. The summed E-state index contributed by atoms with van der Waals surface area (Å²) in [5.41, 5.74) is 4.21. The maximum Gasteiger partial charge on any atom is 0.230 e. The maximum absolute atomic E-state index is 12.1. The molecule has 1 aromatic heterocycles. The molecule has 0 unspecified atom stereocenters. The fraction of sp³-hybridized carbons (Fsp3) is 0.273. The molecule has 1 heterocycles. The zero-order valence-electron chi connectivity index (χ0n) is 16.6. The molecule has 0 bridgehead atoms. The van der Waals surface area contributed by atoms with E-state index in [0.717, 1.165) is 27.9 Å². The molecule has 5 nitrogen and oxygen atoms in total. The SMILES string of the molecule is COc1ccc(-c2cnc(SCC(=O)NC(C)C)n2-c2ccc(C)cc2)cc1. The molecule has 3 aromatic rings. The molecule has 28 heavy (non-hydrogen) atoms. The largest absolute Gasteiger partial charge is 0.497 e. The summed E-state index contributed by atoms with van der Waals surface area (Å²) in [5.74, 6) is 1.14. The van der Waals surface area contributed by atoms with E-state index in [1.54, 1.807) is 7.11 Å². The number of amides is 1. The van der Waals surface area contributed by atoms with Crippen LogP contribution in [0.25, 0.3) is 16.9 Å². The summed E-state index contributed by atoms with van der Waals surface area (Å²) in [6.45, 7) is 5.98. The second-order valence-corrected chi connectivity index (χ2v) is 7.78. The lowest BCUT2D eigenvalue weighted by Crippen LogP contribution is -2.31. The van der Waals surface area contributed by atoms with E-state index in [2.05, 4.69) is 46.1 Å². The molecule has 0 aliphatic rings. The molecule has 0 atom stereocenters. The first-order valence-corrected chi connectivity index (χ1v) is 10.2. The average molecular weight is 396 g/mol. The van der Waals surface area contributed by atoms with Crippen molar-refractivity contribution in [2.75, 3.05) is 12.9 Å². The number of nitrogens with one attached hydrogen (secondary N) is 1. The number of aromatic nitrogens is 2. The van der Waals surface area contributed by atoms with Crippen molar-refractivity contribution in [3.8, 4) is 22.7 Å². The zero-order valence-corrected chi connectivity index (χ0v) is 17.4. The molecule has 1 N–H and O–H groups in total. The van der Waals surface area contributed by atoms with Gasteiger partial charge in [-0.3, -0.25) is 9.36 Å². The Labute approximate surface area is 170 Å². The quantitative estimate of drug-likeness (QED) is 0.600. The number of carbonyl (C=O) groups is 1. The first kappa shape index (κ1) is 20.0. The molecule has 0 fully saturated rings. The van der Waals surface area contributed by atoms with Crippen LogP contribution >= 0.6 is 11.8 Å². The van der Waals surface area contributed by atoms with E-state index in [-0.39, 0.29) is 11.9 Å². The number of benzene rings is 2. The molecule has 0 radical (unpaired) electrons. The molecule has 3 rings (SSSR count). The number of aryl methyl sites for hydroxylation is 1. The number of imidazole rings is 1. The first-order valence-electron chi connectivity index (χ1n) is 9.19. The van der Waals surface area contributed by atoms with Gasteiger partial charge in [0.15, 0.2) is 5.16 Å². The summed E-state index contributed by atoms with van der Waals surface area (Å²) in [5, 5.41) is 3.71. The van der Waals surface area contributed by atoms with Gasteiger partial charge in [0.25, 0.3) is 0 Å². The highest BCUT2D eigenvalue weighted by molar-refractivity contribution is 7.99. The molecule has 6 heteroatoms. The molecule has 0 aliphatic carbocycles. The number of rotatable bonds is 7. The molecule has 146 valence electrons. The highest BCUT2D eigenvalue weighted by Gasteiger charge is 2.16. The van der Waals surface area contributed by atoms with Crippen LogP contribution < -0.4 is 10.1 Å². The predicted molar refractivity (Wildman–Crippen MR) is 114 cm³/mol. The Morgan fingerprint density at radius 3 is 2.43 bits per heavy atom. The topological polar surface area (TPSA) is 56.1 Å². The fourth-order valence-corrected chi connectivity index (χ4v) is 3.64. The Hall–Kier alpha value is -2.73. The Morgan fingerprint density at radius 2 is 1.82 bits per heavy atom. The van der Waals surface area contributed by atoms with Gasteiger partial charge in [0.2, 0.25) is 5.91 Å². The molecule has 1 amide bonds. The van der Waals surface area contributed by atoms with Gasteiger partial charge in [-0.2, -0.15) is 0 Å². The van der Waals surface area contributed by atoms with E-state index in [0.29, 0.717) is 5.75 Å². The van der Waals surface area contributed by atoms with Crippen molar-refractivity contribution in [2.45, 2.75) is 32.0 Å². The Morgan fingerprint density at radius 1 is 1.14 bits per heavy atom. The molecule has 0 saturated carbocycles. The molecular weight excluding hydrogens is 370 g/mol. The lowest BCUT2D eigenvalue weighted by atomic mass is 10.1. The standard InChI is InChI=1S/C22H25N3O2S/c1-15(2)24-21(26)14-28-22-23-13-20(17-7-11-19(27-4)12-8-17)25(22)18-9-5-16(3)6-10-18/h5-13,15H,14H2,1-4H3,(H,24,26). The van der Waals surface area contributed by atoms with E-state index >= 15 is 0 Å². The average Bonchev–Trinajstić information content (AvgIpc) is 3.10. The third-order valence-corrected chi connectivity index (χ3v) is 5.14. The van der Waals surface area contributed by atoms with Crippen molar-refractivity contribution >= 4 is 17.7 Å². The van der Waals surface area contributed by atoms with Crippen molar-refractivity contribution in [3.05, 3.63) is 60.3 Å². The summed E-state index contributed by atoms with van der Waals surface area (Å²) in [4.78, 5) is 16.7. The fourth-order valence-electron chi connectivity index (χ4n) is 2.84. The number of carbonyl (C=O) groups excluding carboxylic acids is 1. The molecule has 2 aromatic carbocycles. The van der Waals surface area contributed by atoms with Crippen LogP contribution in [-0.4, -0.2) is 34.4 Å². The van der Waals surface area contributed by atoms with Crippen molar-refractivity contribution in [2.24, 2.45) is 0 Å². The minimum absolute atomic E-state index is 0.00412. The molecule has 0 spiro atoms. The van der Waals surface area contributed by atoms with Crippen LogP contribution in [0.4, 0.5) is 0 Å². The Kier molecular flexibility index (Phi) is 6.41. The summed E-state index contributed by atoms with van der Waals surface area (Å²) >= 11 is 1.43. The molecule has 0 saturated heterocycles. The molecule has 0 aliphatic heterocycles. The highest BCUT2D eigenvalue weighted by atomic mass is 32.2. The van der Waals surface area contributed by atoms with Crippen LogP contribution in [0.1, 0.15) is 19.4 Å². The second-order valence-electron chi connectivity index (χ2n) is 6.84. The number of nitrogens with zero attached hydrogens (tertiary/aromatic N) is 2. The lowest BCUT2D eigenvalue weighted by Gasteiger charge is -2.13. The van der Waals surface area contributed by atoms with Crippen LogP contribution in [0.2, 0.25) is 0 Å². The third-order valence-electron chi connectivity index (χ3n) is 4.19. The summed E-state index contributed by atoms with van der Waals surface area (Å²) < 4.78 is 7.36. The van der Waals surface area contributed by atoms with Gasteiger partial charge >= 0.3 is 0 Å². The smallest absolute Gasteiger partial charge is 0.230 e. The van der Waals surface area contributed by atoms with Crippen molar-refractivity contribution in [1.29, 1.82) is 0 Å². The van der Waals surface area contributed by atoms with Gasteiger partial charge in [-0.05, 0) is 57.2 Å². The monoisotopic (exact) mass is 395 g/mol. The normalized spacial score (nSPS) is 10.9. The first-order chi connectivity index (χ1) is 13.5. The highest BCUT2D eigenvalue weighted by Crippen LogP contribution is 2.30. The summed E-state index contributed by atoms with van der Waals surface area (Å²) in [6.07, 6.45) is 1.85. The van der Waals surface area contributed by atoms with Gasteiger partial charge in [-0.25, -0.2) is 4.98 Å². The minimum Gasteiger partial charge on any atom is -0.497 e. The second kappa shape index (κ2) is 8.97. The molecular formula is C22H25N3O2S. The maximum atomic E-state index is 12.1. The minimum atomic E-state index is 0.00412. The number of ether oxygens (including phenoxy) is 1. The number of thioether (sulfide) groups is 1. The van der Waals surface area contributed by atoms with Gasteiger partial charge in [-0.1, -0.05) is 29.5 Å². The van der Waals surface area contributed by atoms with Gasteiger partial charge in [0, 0.05) is 17.3 Å². The van der Waals surface area contributed by atoms with Crippen LogP contribution in [0.3, 0.4) is 0 Å². The van der Waals surface area contributed by atoms with Crippen LogP contribution in [-0.2, 0) is 4.79 Å². The predicted octanol–water partition coefficient (Wildman–Crippen LogP) is 4.47. The summed E-state index contributed by atoms with van der Waals surface area (Å²) in [6, 6.07) is 16.3. The van der Waals surface area contributed by atoms with Crippen molar-refractivity contribution in [1.82, 2.24) is 14.9 Å². The zero-order chi connectivity index (χ0) is 20.1. The van der Waals surface area contributed by atoms with Crippen LogP contribution in [0, 0.1) is 6.92 Å². The van der Waals surface area contributed by atoms with Crippen molar-refractivity contribution < 1.29 is 9.53 Å². The lowest BCUT2D eigenvalue weighted by molar-refractivity contribution is -0.119. The third kappa shape index (κ3) is 4.75. The van der Waals surface area contributed by atoms with Crippen LogP contribution in [0.15, 0.2) is 59.9 Å².